The Morgan fingerprint density at radius 1 is 0.778 bits per heavy atom. The Hall–Kier alpha value is -2.84. The summed E-state index contributed by atoms with van der Waals surface area (Å²) in [6, 6.07) is 7.54. The normalized spacial score (nSPS) is 9.11. The van der Waals surface area contributed by atoms with Crippen molar-refractivity contribution in [2.75, 3.05) is 0 Å². The summed E-state index contributed by atoms with van der Waals surface area (Å²) in [7, 11) is 0. The largest absolute Gasteiger partial charge is 0.263 e. The third-order valence-electron chi connectivity index (χ3n) is 2.01. The van der Waals surface area contributed by atoms with Crippen LogP contribution in [0.5, 0.6) is 0 Å². The van der Waals surface area contributed by atoms with Crippen molar-refractivity contribution >= 4 is 0 Å². The number of pyridine rings is 2. The summed E-state index contributed by atoms with van der Waals surface area (Å²) in [5, 5.41) is 0. The summed E-state index contributed by atoms with van der Waals surface area (Å²) in [6.45, 7) is 0. The SMILES string of the molecule is C(#Cc1cccnc1)/C=C/C#Cc1cccnc1. The smallest absolute Gasteiger partial charge is 0.0432 e. The van der Waals surface area contributed by atoms with Gasteiger partial charge in [0.1, 0.15) is 0 Å². The third-order valence-corrected chi connectivity index (χ3v) is 2.01. The van der Waals surface area contributed by atoms with Gasteiger partial charge < -0.3 is 0 Å². The van der Waals surface area contributed by atoms with Crippen molar-refractivity contribution in [3.63, 3.8) is 0 Å². The molecular formula is C16H10N2. The molecule has 2 aromatic heterocycles. The molecule has 0 amide bonds. The number of hydrogen-bond acceptors (Lipinski definition) is 2. The van der Waals surface area contributed by atoms with Gasteiger partial charge >= 0.3 is 0 Å². The van der Waals surface area contributed by atoms with Gasteiger partial charge in [-0.1, -0.05) is 23.7 Å². The van der Waals surface area contributed by atoms with Crippen LogP contribution in [-0.4, -0.2) is 9.97 Å². The van der Waals surface area contributed by atoms with E-state index in [2.05, 4.69) is 33.6 Å². The Morgan fingerprint density at radius 2 is 1.28 bits per heavy atom. The molecular weight excluding hydrogens is 220 g/mol. The quantitative estimate of drug-likeness (QED) is 0.650. The highest BCUT2D eigenvalue weighted by molar-refractivity contribution is 5.38. The van der Waals surface area contributed by atoms with Gasteiger partial charge in [0.15, 0.2) is 0 Å². The van der Waals surface area contributed by atoms with Gasteiger partial charge in [-0.05, 0) is 36.4 Å². The van der Waals surface area contributed by atoms with Crippen molar-refractivity contribution in [2.24, 2.45) is 0 Å². The molecule has 0 aliphatic rings. The molecule has 0 saturated heterocycles. The second-order valence-corrected chi connectivity index (χ2v) is 3.36. The molecule has 18 heavy (non-hydrogen) atoms. The van der Waals surface area contributed by atoms with Gasteiger partial charge in [-0.3, -0.25) is 9.97 Å². The van der Waals surface area contributed by atoms with Crippen LogP contribution in [0.4, 0.5) is 0 Å². The van der Waals surface area contributed by atoms with Gasteiger partial charge in [0, 0.05) is 35.9 Å². The number of rotatable bonds is 0. The van der Waals surface area contributed by atoms with Gasteiger partial charge in [-0.25, -0.2) is 0 Å². The zero-order valence-corrected chi connectivity index (χ0v) is 9.67. The highest BCUT2D eigenvalue weighted by Gasteiger charge is 1.81. The predicted molar refractivity (Wildman–Crippen MR) is 71.4 cm³/mol. The van der Waals surface area contributed by atoms with E-state index in [4.69, 9.17) is 0 Å². The molecule has 0 bridgehead atoms. The lowest BCUT2D eigenvalue weighted by molar-refractivity contribution is 1.31. The first-order chi connectivity index (χ1) is 8.95. The second-order valence-electron chi connectivity index (χ2n) is 3.36. The third kappa shape index (κ3) is 3.96. The molecule has 0 spiro atoms. The zero-order chi connectivity index (χ0) is 12.5. The topological polar surface area (TPSA) is 25.8 Å². The molecule has 2 heterocycles. The van der Waals surface area contributed by atoms with E-state index in [-0.39, 0.29) is 0 Å². The minimum Gasteiger partial charge on any atom is -0.263 e. The number of nitrogens with zero attached hydrogens (tertiary/aromatic N) is 2. The monoisotopic (exact) mass is 230 g/mol. The highest BCUT2D eigenvalue weighted by atomic mass is 14.6. The molecule has 2 heteroatoms. The Balaban J connectivity index is 1.94. The summed E-state index contributed by atoms with van der Waals surface area (Å²) in [4.78, 5) is 7.96. The lowest BCUT2D eigenvalue weighted by Crippen LogP contribution is -1.74. The Bertz CT molecular complexity index is 576. The van der Waals surface area contributed by atoms with Crippen LogP contribution in [-0.2, 0) is 0 Å². The number of hydrogen-bond donors (Lipinski definition) is 0. The van der Waals surface area contributed by atoms with Crippen LogP contribution in [0.15, 0.2) is 61.2 Å². The average Bonchev–Trinajstić information content (AvgIpc) is 2.45. The minimum atomic E-state index is 0.891. The van der Waals surface area contributed by atoms with Crippen LogP contribution in [0.25, 0.3) is 0 Å². The summed E-state index contributed by atoms with van der Waals surface area (Å²) in [5.41, 5.74) is 1.78. The summed E-state index contributed by atoms with van der Waals surface area (Å²) in [6.07, 6.45) is 10.3. The molecule has 2 nitrogen and oxygen atoms in total. The first-order valence-corrected chi connectivity index (χ1v) is 5.43. The summed E-state index contributed by atoms with van der Waals surface area (Å²) < 4.78 is 0. The molecule has 0 aliphatic heterocycles. The summed E-state index contributed by atoms with van der Waals surface area (Å²) >= 11 is 0. The molecule has 0 fully saturated rings. The van der Waals surface area contributed by atoms with E-state index in [1.165, 1.54) is 0 Å². The highest BCUT2D eigenvalue weighted by Crippen LogP contribution is 1.92. The average molecular weight is 230 g/mol. The van der Waals surface area contributed by atoms with Crippen LogP contribution in [0.3, 0.4) is 0 Å². The van der Waals surface area contributed by atoms with Gasteiger partial charge in [-0.2, -0.15) is 0 Å². The maximum Gasteiger partial charge on any atom is 0.0432 e. The van der Waals surface area contributed by atoms with Gasteiger partial charge in [0.2, 0.25) is 0 Å². The number of allylic oxidation sites excluding steroid dienone is 2. The summed E-state index contributed by atoms with van der Waals surface area (Å²) in [5.74, 6) is 11.7. The van der Waals surface area contributed by atoms with Crippen LogP contribution >= 0.6 is 0 Å². The molecule has 0 radical (unpaired) electrons. The molecule has 0 aliphatic carbocycles. The maximum absolute atomic E-state index is 3.98. The molecule has 0 N–H and O–H groups in total. The van der Waals surface area contributed by atoms with Crippen LogP contribution in [0.1, 0.15) is 11.1 Å². The second kappa shape index (κ2) is 6.68. The van der Waals surface area contributed by atoms with Gasteiger partial charge in [0.25, 0.3) is 0 Å². The van der Waals surface area contributed by atoms with Crippen molar-refractivity contribution in [1.29, 1.82) is 0 Å². The van der Waals surface area contributed by atoms with Crippen LogP contribution in [0, 0.1) is 23.7 Å². The fourth-order valence-electron chi connectivity index (χ4n) is 1.21. The van der Waals surface area contributed by atoms with Crippen molar-refractivity contribution in [1.82, 2.24) is 9.97 Å². The van der Waals surface area contributed by atoms with Gasteiger partial charge in [0.05, 0.1) is 0 Å². The molecule has 0 atom stereocenters. The Labute approximate surface area is 106 Å². The first-order valence-electron chi connectivity index (χ1n) is 5.43. The molecule has 2 rings (SSSR count). The van der Waals surface area contributed by atoms with Crippen molar-refractivity contribution < 1.29 is 0 Å². The standard InChI is InChI=1S/C16H10N2/c1(3-7-15-9-5-11-17-13-15)2-4-8-16-10-6-12-18-14-16/h1-2,5-6,9-14H/b2-1+. The van der Waals surface area contributed by atoms with Crippen molar-refractivity contribution in [2.45, 2.75) is 0 Å². The molecule has 0 aromatic carbocycles. The van der Waals surface area contributed by atoms with E-state index >= 15 is 0 Å². The van der Waals surface area contributed by atoms with Crippen LogP contribution in [0.2, 0.25) is 0 Å². The Kier molecular flexibility index (Phi) is 4.32. The fourth-order valence-corrected chi connectivity index (χ4v) is 1.21. The van der Waals surface area contributed by atoms with E-state index in [0.29, 0.717) is 0 Å². The fraction of sp³-hybridized carbons (Fsp3) is 0. The molecule has 2 aromatic rings. The Morgan fingerprint density at radius 3 is 1.67 bits per heavy atom. The van der Waals surface area contributed by atoms with Crippen molar-refractivity contribution in [3.8, 4) is 23.7 Å². The lowest BCUT2D eigenvalue weighted by atomic mass is 10.3. The zero-order valence-electron chi connectivity index (χ0n) is 9.67. The molecule has 0 saturated carbocycles. The van der Waals surface area contributed by atoms with E-state index in [1.807, 2.05) is 24.3 Å². The molecule has 84 valence electrons. The van der Waals surface area contributed by atoms with E-state index in [1.54, 1.807) is 36.9 Å². The van der Waals surface area contributed by atoms with Gasteiger partial charge in [-0.15, -0.1) is 0 Å². The van der Waals surface area contributed by atoms with E-state index < -0.39 is 0 Å². The minimum absolute atomic E-state index is 0.891. The van der Waals surface area contributed by atoms with E-state index in [9.17, 15) is 0 Å². The van der Waals surface area contributed by atoms with E-state index in [0.717, 1.165) is 11.1 Å². The lowest BCUT2D eigenvalue weighted by Gasteiger charge is -1.84. The van der Waals surface area contributed by atoms with Crippen molar-refractivity contribution in [3.05, 3.63) is 72.3 Å². The van der Waals surface area contributed by atoms with Crippen LogP contribution < -0.4 is 0 Å². The maximum atomic E-state index is 3.98. The predicted octanol–water partition coefficient (Wildman–Crippen LogP) is 2.44. The molecule has 0 unspecified atom stereocenters. The first kappa shape index (κ1) is 11.6. The number of aromatic nitrogens is 2.